The Bertz CT molecular complexity index is 1010. The third-order valence-corrected chi connectivity index (χ3v) is 4.94. The van der Waals surface area contributed by atoms with Crippen LogP contribution in [0.25, 0.3) is 16.6 Å². The number of carbonyl (C=O) groups is 1. The highest BCUT2D eigenvalue weighted by molar-refractivity contribution is 5.91. The van der Waals surface area contributed by atoms with Crippen molar-refractivity contribution in [3.05, 3.63) is 71.8 Å². The number of aromatic nitrogens is 2. The van der Waals surface area contributed by atoms with E-state index in [0.717, 1.165) is 17.5 Å². The van der Waals surface area contributed by atoms with Gasteiger partial charge in [-0.3, -0.25) is 4.79 Å². The molecule has 26 heavy (non-hydrogen) atoms. The van der Waals surface area contributed by atoms with Gasteiger partial charge in [0.2, 0.25) is 5.91 Å². The Labute approximate surface area is 151 Å². The van der Waals surface area contributed by atoms with Gasteiger partial charge in [-0.15, -0.1) is 0 Å². The molecule has 3 aromatic rings. The Balaban J connectivity index is 1.51. The van der Waals surface area contributed by atoms with Crippen LogP contribution >= 0.6 is 0 Å². The highest BCUT2D eigenvalue weighted by Crippen LogP contribution is 2.29. The molecule has 0 saturated carbocycles. The van der Waals surface area contributed by atoms with Crippen LogP contribution in [0.5, 0.6) is 0 Å². The van der Waals surface area contributed by atoms with Crippen molar-refractivity contribution in [2.24, 2.45) is 7.05 Å². The number of fused-ring (bicyclic) bond motifs is 1. The number of benzene rings is 1. The maximum Gasteiger partial charge on any atom is 0.227 e. The summed E-state index contributed by atoms with van der Waals surface area (Å²) in [7, 11) is 1.99. The van der Waals surface area contributed by atoms with Gasteiger partial charge in [0.1, 0.15) is 11.5 Å². The molecule has 1 aromatic carbocycles. The predicted molar refractivity (Wildman–Crippen MR) is 100.0 cm³/mol. The molecule has 0 saturated heterocycles. The number of carbonyl (C=O) groups excluding carboxylic acids is 1. The summed E-state index contributed by atoms with van der Waals surface area (Å²) in [5, 5.41) is 1.13. The number of nitrogens with zero attached hydrogens (tertiary/aromatic N) is 3. The van der Waals surface area contributed by atoms with Crippen LogP contribution in [0.2, 0.25) is 0 Å². The second kappa shape index (κ2) is 6.75. The molecule has 0 atom stereocenters. The van der Waals surface area contributed by atoms with E-state index >= 15 is 0 Å². The van der Waals surface area contributed by atoms with E-state index in [2.05, 4.69) is 23.3 Å². The van der Waals surface area contributed by atoms with Gasteiger partial charge in [-0.1, -0.05) is 24.3 Å². The summed E-state index contributed by atoms with van der Waals surface area (Å²) < 4.78 is 15.8. The SMILES string of the molecule is Cn1cc(C2=CCN(C(=O)Cc3ccccc3F)CC2)c2cccnc21. The Kier molecular flexibility index (Phi) is 4.29. The molecule has 0 N–H and O–H groups in total. The molecule has 4 rings (SSSR count). The Morgan fingerprint density at radius 1 is 1.23 bits per heavy atom. The lowest BCUT2D eigenvalue weighted by Gasteiger charge is -2.26. The molecule has 2 aromatic heterocycles. The number of aryl methyl sites for hydroxylation is 1. The minimum Gasteiger partial charge on any atom is -0.338 e. The second-order valence-electron chi connectivity index (χ2n) is 6.62. The third-order valence-electron chi connectivity index (χ3n) is 4.94. The molecule has 3 heterocycles. The van der Waals surface area contributed by atoms with Crippen molar-refractivity contribution >= 4 is 22.5 Å². The molecule has 0 spiro atoms. The van der Waals surface area contributed by atoms with Crippen LogP contribution in [0.1, 0.15) is 17.5 Å². The van der Waals surface area contributed by atoms with E-state index in [1.165, 1.54) is 17.2 Å². The van der Waals surface area contributed by atoms with E-state index in [4.69, 9.17) is 0 Å². The van der Waals surface area contributed by atoms with Crippen LogP contribution in [-0.2, 0) is 18.3 Å². The third kappa shape index (κ3) is 3.01. The average molecular weight is 349 g/mol. The average Bonchev–Trinajstić information content (AvgIpc) is 3.01. The first-order chi connectivity index (χ1) is 12.6. The Hall–Kier alpha value is -2.95. The smallest absolute Gasteiger partial charge is 0.227 e. The number of hydrogen-bond acceptors (Lipinski definition) is 2. The maximum atomic E-state index is 13.8. The summed E-state index contributed by atoms with van der Waals surface area (Å²) in [6, 6.07) is 10.5. The van der Waals surface area contributed by atoms with Gasteiger partial charge in [0.25, 0.3) is 0 Å². The molecule has 0 aliphatic carbocycles. The highest BCUT2D eigenvalue weighted by Gasteiger charge is 2.21. The van der Waals surface area contributed by atoms with Crippen molar-refractivity contribution in [1.29, 1.82) is 0 Å². The van der Waals surface area contributed by atoms with Gasteiger partial charge in [-0.2, -0.15) is 0 Å². The molecule has 0 unspecified atom stereocenters. The lowest BCUT2D eigenvalue weighted by molar-refractivity contribution is -0.130. The number of halogens is 1. The lowest BCUT2D eigenvalue weighted by atomic mass is 9.99. The van der Waals surface area contributed by atoms with Crippen molar-refractivity contribution in [2.75, 3.05) is 13.1 Å². The van der Waals surface area contributed by atoms with Gasteiger partial charge in [-0.25, -0.2) is 9.37 Å². The number of pyridine rings is 1. The largest absolute Gasteiger partial charge is 0.338 e. The van der Waals surface area contributed by atoms with Gasteiger partial charge in [0, 0.05) is 43.5 Å². The zero-order valence-corrected chi connectivity index (χ0v) is 14.7. The van der Waals surface area contributed by atoms with Crippen LogP contribution < -0.4 is 0 Å². The maximum absolute atomic E-state index is 13.8. The minimum atomic E-state index is -0.322. The summed E-state index contributed by atoms with van der Waals surface area (Å²) in [4.78, 5) is 18.7. The number of rotatable bonds is 3. The van der Waals surface area contributed by atoms with Crippen LogP contribution in [0.4, 0.5) is 4.39 Å². The monoisotopic (exact) mass is 349 g/mol. The summed E-state index contributed by atoms with van der Waals surface area (Å²) in [6.45, 7) is 1.20. The fourth-order valence-corrected chi connectivity index (χ4v) is 3.53. The van der Waals surface area contributed by atoms with E-state index in [0.29, 0.717) is 18.7 Å². The van der Waals surface area contributed by atoms with Crippen molar-refractivity contribution in [3.63, 3.8) is 0 Å². The standard InChI is InChI=1S/C21H20FN3O/c1-24-14-18(17-6-4-10-23-21(17)24)15-8-11-25(12-9-15)20(26)13-16-5-2-3-7-19(16)22/h2-8,10,14H,9,11-13H2,1H3. The highest BCUT2D eigenvalue weighted by atomic mass is 19.1. The van der Waals surface area contributed by atoms with Gasteiger partial charge in [0.15, 0.2) is 0 Å². The first kappa shape index (κ1) is 16.5. The summed E-state index contributed by atoms with van der Waals surface area (Å²) in [5.74, 6) is -0.359. The molecule has 132 valence electrons. The minimum absolute atomic E-state index is 0.0370. The van der Waals surface area contributed by atoms with Gasteiger partial charge in [0.05, 0.1) is 6.42 Å². The number of hydrogen-bond donors (Lipinski definition) is 0. The topological polar surface area (TPSA) is 38.1 Å². The zero-order valence-electron chi connectivity index (χ0n) is 14.7. The van der Waals surface area contributed by atoms with E-state index in [1.807, 2.05) is 17.7 Å². The first-order valence-corrected chi connectivity index (χ1v) is 8.74. The summed E-state index contributed by atoms with van der Waals surface area (Å²) >= 11 is 0. The molecule has 0 radical (unpaired) electrons. The molecule has 0 fully saturated rings. The Morgan fingerprint density at radius 2 is 2.08 bits per heavy atom. The van der Waals surface area contributed by atoms with E-state index < -0.39 is 0 Å². The van der Waals surface area contributed by atoms with Crippen LogP contribution in [0.3, 0.4) is 0 Å². The molecule has 5 heteroatoms. The fourth-order valence-electron chi connectivity index (χ4n) is 3.53. The fraction of sp³-hybridized carbons (Fsp3) is 0.238. The second-order valence-corrected chi connectivity index (χ2v) is 6.62. The molecule has 1 amide bonds. The molecular formula is C21H20FN3O. The van der Waals surface area contributed by atoms with Crippen molar-refractivity contribution in [2.45, 2.75) is 12.8 Å². The van der Waals surface area contributed by atoms with Gasteiger partial charge < -0.3 is 9.47 Å². The van der Waals surface area contributed by atoms with E-state index in [9.17, 15) is 9.18 Å². The van der Waals surface area contributed by atoms with Crippen LogP contribution in [0.15, 0.2) is 54.9 Å². The van der Waals surface area contributed by atoms with Crippen molar-refractivity contribution in [3.8, 4) is 0 Å². The van der Waals surface area contributed by atoms with Crippen LogP contribution in [0, 0.1) is 5.82 Å². The molecule has 4 nitrogen and oxygen atoms in total. The molecule has 1 aliphatic rings. The predicted octanol–water partition coefficient (Wildman–Crippen LogP) is 3.57. The van der Waals surface area contributed by atoms with E-state index in [1.54, 1.807) is 29.3 Å². The first-order valence-electron chi connectivity index (χ1n) is 8.74. The molecular weight excluding hydrogens is 329 g/mol. The molecule has 0 bridgehead atoms. The van der Waals surface area contributed by atoms with Gasteiger partial charge >= 0.3 is 0 Å². The van der Waals surface area contributed by atoms with Crippen molar-refractivity contribution < 1.29 is 9.18 Å². The van der Waals surface area contributed by atoms with Gasteiger partial charge in [-0.05, 0) is 35.8 Å². The quantitative estimate of drug-likeness (QED) is 0.725. The zero-order chi connectivity index (χ0) is 18.1. The molecule has 1 aliphatic heterocycles. The Morgan fingerprint density at radius 3 is 2.85 bits per heavy atom. The normalized spacial score (nSPS) is 14.5. The van der Waals surface area contributed by atoms with Crippen molar-refractivity contribution in [1.82, 2.24) is 14.5 Å². The van der Waals surface area contributed by atoms with Crippen LogP contribution in [-0.4, -0.2) is 33.4 Å². The van der Waals surface area contributed by atoms with E-state index in [-0.39, 0.29) is 18.1 Å². The number of amides is 1. The summed E-state index contributed by atoms with van der Waals surface area (Å²) in [5.41, 5.74) is 3.82. The lowest BCUT2D eigenvalue weighted by Crippen LogP contribution is -2.35. The summed E-state index contributed by atoms with van der Waals surface area (Å²) in [6.07, 6.45) is 6.89.